The van der Waals surface area contributed by atoms with E-state index in [0.717, 1.165) is 17.0 Å². The van der Waals surface area contributed by atoms with E-state index in [1.807, 2.05) is 31.2 Å². The fourth-order valence-corrected chi connectivity index (χ4v) is 5.13. The predicted molar refractivity (Wildman–Crippen MR) is 134 cm³/mol. The summed E-state index contributed by atoms with van der Waals surface area (Å²) in [4.78, 5) is 26.7. The Labute approximate surface area is 210 Å². The molecule has 0 saturated heterocycles. The molecule has 0 unspecified atom stereocenters. The molecule has 2 aliphatic rings. The summed E-state index contributed by atoms with van der Waals surface area (Å²) < 4.78 is 27.0. The molecule has 8 nitrogen and oxygen atoms in total. The van der Waals surface area contributed by atoms with E-state index in [1.165, 1.54) is 28.4 Å². The summed E-state index contributed by atoms with van der Waals surface area (Å²) in [5.41, 5.74) is 4.11. The standard InChI is InChI=1S/C28H31NO7/c1-15-24(28(31)36-6)25(18-13-22(33-3)27(35-5)23(14-18)34-4)26-20(29-15)11-17(12-21(26)30)16-7-9-19(32-2)10-8-16/h7-10,13-14,17,25,29H,11-12H2,1-6H3/t17-,25+/m1/s1. The Morgan fingerprint density at radius 3 is 2.03 bits per heavy atom. The largest absolute Gasteiger partial charge is 0.497 e. The average Bonchev–Trinajstić information content (AvgIpc) is 2.90. The van der Waals surface area contributed by atoms with E-state index in [-0.39, 0.29) is 11.7 Å². The lowest BCUT2D eigenvalue weighted by molar-refractivity contribution is -0.136. The fraction of sp³-hybridized carbons (Fsp3) is 0.357. The van der Waals surface area contributed by atoms with Crippen molar-refractivity contribution >= 4 is 11.8 Å². The minimum absolute atomic E-state index is 0.00252. The molecule has 0 amide bonds. The number of methoxy groups -OCH3 is 5. The number of nitrogens with one attached hydrogen (secondary N) is 1. The van der Waals surface area contributed by atoms with Crippen molar-refractivity contribution in [2.24, 2.45) is 0 Å². The van der Waals surface area contributed by atoms with Crippen molar-refractivity contribution in [1.82, 2.24) is 5.32 Å². The van der Waals surface area contributed by atoms with Crippen LogP contribution < -0.4 is 24.3 Å². The summed E-state index contributed by atoms with van der Waals surface area (Å²) in [5, 5.41) is 3.34. The minimum Gasteiger partial charge on any atom is -0.497 e. The van der Waals surface area contributed by atoms with Crippen LogP contribution in [0.3, 0.4) is 0 Å². The molecule has 1 heterocycles. The Bertz CT molecular complexity index is 1220. The maximum absolute atomic E-state index is 13.7. The molecule has 1 N–H and O–H groups in total. The number of rotatable bonds is 7. The van der Waals surface area contributed by atoms with Gasteiger partial charge >= 0.3 is 5.97 Å². The molecule has 8 heteroatoms. The van der Waals surface area contributed by atoms with Crippen LogP contribution in [0, 0.1) is 0 Å². The quantitative estimate of drug-likeness (QED) is 0.572. The first kappa shape index (κ1) is 25.2. The summed E-state index contributed by atoms with van der Waals surface area (Å²) in [6.45, 7) is 1.82. The molecule has 36 heavy (non-hydrogen) atoms. The van der Waals surface area contributed by atoms with Gasteiger partial charge in [-0.05, 0) is 54.7 Å². The third kappa shape index (κ3) is 4.39. The molecule has 4 rings (SSSR count). The second-order valence-electron chi connectivity index (χ2n) is 8.74. The maximum atomic E-state index is 13.7. The van der Waals surface area contributed by atoms with E-state index in [9.17, 15) is 9.59 Å². The molecule has 0 aromatic heterocycles. The number of carbonyl (C=O) groups is 2. The third-order valence-electron chi connectivity index (χ3n) is 6.84. The number of dihydropyridines is 1. The van der Waals surface area contributed by atoms with Crippen molar-refractivity contribution in [3.8, 4) is 23.0 Å². The summed E-state index contributed by atoms with van der Waals surface area (Å²) in [5.74, 6) is 0.895. The van der Waals surface area contributed by atoms with Crippen molar-refractivity contribution < 1.29 is 33.3 Å². The lowest BCUT2D eigenvalue weighted by Crippen LogP contribution is -2.36. The van der Waals surface area contributed by atoms with Gasteiger partial charge in [-0.1, -0.05) is 12.1 Å². The number of Topliss-reactive ketones (excluding diaryl/α,β-unsaturated/α-hetero) is 1. The Balaban J connectivity index is 1.85. The van der Waals surface area contributed by atoms with Gasteiger partial charge < -0.3 is 29.0 Å². The zero-order valence-corrected chi connectivity index (χ0v) is 21.4. The van der Waals surface area contributed by atoms with Gasteiger partial charge in [0.1, 0.15) is 5.75 Å². The summed E-state index contributed by atoms with van der Waals surface area (Å²) in [7, 11) is 7.54. The molecule has 2 aromatic rings. The molecular weight excluding hydrogens is 462 g/mol. The Morgan fingerprint density at radius 2 is 1.50 bits per heavy atom. The highest BCUT2D eigenvalue weighted by molar-refractivity contribution is 6.04. The van der Waals surface area contributed by atoms with Gasteiger partial charge in [0, 0.05) is 29.3 Å². The number of hydrogen-bond acceptors (Lipinski definition) is 8. The van der Waals surface area contributed by atoms with Crippen molar-refractivity contribution in [2.45, 2.75) is 31.6 Å². The Morgan fingerprint density at radius 1 is 0.861 bits per heavy atom. The van der Waals surface area contributed by atoms with Crippen LogP contribution in [-0.4, -0.2) is 47.3 Å². The molecule has 1 aliphatic heterocycles. The van der Waals surface area contributed by atoms with E-state index in [0.29, 0.717) is 52.5 Å². The summed E-state index contributed by atoms with van der Waals surface area (Å²) >= 11 is 0. The van der Waals surface area contributed by atoms with Gasteiger partial charge in [0.25, 0.3) is 0 Å². The molecule has 1 aliphatic carbocycles. The van der Waals surface area contributed by atoms with Gasteiger partial charge in [-0.2, -0.15) is 0 Å². The van der Waals surface area contributed by atoms with Crippen LogP contribution in [0.2, 0.25) is 0 Å². The van der Waals surface area contributed by atoms with Crippen LogP contribution in [0.25, 0.3) is 0 Å². The zero-order chi connectivity index (χ0) is 26.0. The number of hydrogen-bond donors (Lipinski definition) is 1. The molecule has 0 fully saturated rings. The van der Waals surface area contributed by atoms with Gasteiger partial charge in [-0.15, -0.1) is 0 Å². The van der Waals surface area contributed by atoms with Crippen LogP contribution in [-0.2, 0) is 14.3 Å². The highest BCUT2D eigenvalue weighted by Crippen LogP contribution is 2.49. The lowest BCUT2D eigenvalue weighted by atomic mass is 9.71. The third-order valence-corrected chi connectivity index (χ3v) is 6.84. The van der Waals surface area contributed by atoms with Gasteiger partial charge in [-0.3, -0.25) is 4.79 Å². The second-order valence-corrected chi connectivity index (χ2v) is 8.74. The van der Waals surface area contributed by atoms with Crippen molar-refractivity contribution in [2.75, 3.05) is 35.5 Å². The van der Waals surface area contributed by atoms with Crippen molar-refractivity contribution in [3.63, 3.8) is 0 Å². The Kier molecular flexibility index (Phi) is 7.24. The molecule has 0 saturated carbocycles. The smallest absolute Gasteiger partial charge is 0.336 e. The molecule has 0 radical (unpaired) electrons. The Hall–Kier alpha value is -3.94. The van der Waals surface area contributed by atoms with E-state index in [2.05, 4.69) is 5.32 Å². The molecule has 0 bridgehead atoms. The van der Waals surface area contributed by atoms with Gasteiger partial charge in [0.05, 0.1) is 41.1 Å². The summed E-state index contributed by atoms with van der Waals surface area (Å²) in [6.07, 6.45) is 0.946. The van der Waals surface area contributed by atoms with E-state index in [4.69, 9.17) is 23.7 Å². The van der Waals surface area contributed by atoms with Crippen LogP contribution in [0.5, 0.6) is 23.0 Å². The van der Waals surface area contributed by atoms with Gasteiger partial charge in [0.15, 0.2) is 17.3 Å². The number of allylic oxidation sites excluding steroid dienone is 3. The number of carbonyl (C=O) groups excluding carboxylic acids is 2. The maximum Gasteiger partial charge on any atom is 0.336 e. The van der Waals surface area contributed by atoms with E-state index < -0.39 is 11.9 Å². The van der Waals surface area contributed by atoms with Crippen LogP contribution in [0.4, 0.5) is 0 Å². The second kappa shape index (κ2) is 10.4. The van der Waals surface area contributed by atoms with Crippen molar-refractivity contribution in [1.29, 1.82) is 0 Å². The summed E-state index contributed by atoms with van der Waals surface area (Å²) in [6, 6.07) is 11.3. The number of ketones is 1. The fourth-order valence-electron chi connectivity index (χ4n) is 5.13. The molecular formula is C28H31NO7. The van der Waals surface area contributed by atoms with E-state index in [1.54, 1.807) is 19.2 Å². The first-order valence-corrected chi connectivity index (χ1v) is 11.6. The highest BCUT2D eigenvalue weighted by Gasteiger charge is 2.42. The normalized spacial score (nSPS) is 19.3. The van der Waals surface area contributed by atoms with Crippen LogP contribution >= 0.6 is 0 Å². The highest BCUT2D eigenvalue weighted by atomic mass is 16.5. The van der Waals surface area contributed by atoms with Gasteiger partial charge in [0.2, 0.25) is 5.75 Å². The van der Waals surface area contributed by atoms with Crippen LogP contribution in [0.15, 0.2) is 58.9 Å². The SMILES string of the molecule is COC(=O)C1=C(C)NC2=C(C(=O)C[C@H](c3ccc(OC)cc3)C2)[C@H]1c1cc(OC)c(OC)c(OC)c1. The topological polar surface area (TPSA) is 92.3 Å². The van der Waals surface area contributed by atoms with Crippen LogP contribution in [0.1, 0.15) is 42.7 Å². The first-order chi connectivity index (χ1) is 17.4. The zero-order valence-electron chi connectivity index (χ0n) is 21.4. The monoisotopic (exact) mass is 493 g/mol. The molecule has 0 spiro atoms. The molecule has 190 valence electrons. The lowest BCUT2D eigenvalue weighted by Gasteiger charge is -2.36. The van der Waals surface area contributed by atoms with Gasteiger partial charge in [-0.25, -0.2) is 4.79 Å². The minimum atomic E-state index is -0.647. The number of benzene rings is 2. The van der Waals surface area contributed by atoms with E-state index >= 15 is 0 Å². The predicted octanol–water partition coefficient (Wildman–Crippen LogP) is 4.26. The van der Waals surface area contributed by atoms with Crippen molar-refractivity contribution in [3.05, 3.63) is 70.1 Å². The molecule has 2 atom stereocenters. The average molecular weight is 494 g/mol. The number of esters is 1. The first-order valence-electron chi connectivity index (χ1n) is 11.6. The number of ether oxygens (including phenoxy) is 5. The molecule has 2 aromatic carbocycles.